The summed E-state index contributed by atoms with van der Waals surface area (Å²) in [5, 5.41) is 2.90. The number of amides is 1. The van der Waals surface area contributed by atoms with Gasteiger partial charge in [-0.15, -0.1) is 0 Å². The molecule has 100 valence electrons. The smallest absolute Gasteiger partial charge is 0.221 e. The molecule has 3 N–H and O–H groups in total. The van der Waals surface area contributed by atoms with Crippen molar-refractivity contribution in [1.82, 2.24) is 10.2 Å². The fourth-order valence-corrected chi connectivity index (χ4v) is 2.17. The zero-order valence-electron chi connectivity index (χ0n) is 10.9. The summed E-state index contributed by atoms with van der Waals surface area (Å²) in [4.78, 5) is 14.0. The van der Waals surface area contributed by atoms with E-state index in [0.29, 0.717) is 19.0 Å². The Hall–Kier alpha value is -0.650. The normalized spacial score (nSPS) is 23.4. The molecule has 0 bridgehead atoms. The molecular weight excluding hydrogens is 218 g/mol. The third-order valence-electron chi connectivity index (χ3n) is 3.15. The number of nitrogens with one attached hydrogen (secondary N) is 1. The summed E-state index contributed by atoms with van der Waals surface area (Å²) in [6.07, 6.45) is 1.45. The molecule has 5 nitrogen and oxygen atoms in total. The summed E-state index contributed by atoms with van der Waals surface area (Å²) in [5.41, 5.74) is 5.78. The number of hydrogen-bond acceptors (Lipinski definition) is 4. The predicted molar refractivity (Wildman–Crippen MR) is 67.7 cm³/mol. The molecule has 0 saturated carbocycles. The molecule has 1 aliphatic heterocycles. The Balaban J connectivity index is 2.43. The molecule has 17 heavy (non-hydrogen) atoms. The van der Waals surface area contributed by atoms with Crippen molar-refractivity contribution in [2.45, 2.75) is 38.8 Å². The predicted octanol–water partition coefficient (Wildman–Crippen LogP) is -0.0493. The van der Waals surface area contributed by atoms with Gasteiger partial charge in [0.2, 0.25) is 5.91 Å². The van der Waals surface area contributed by atoms with Crippen LogP contribution >= 0.6 is 0 Å². The van der Waals surface area contributed by atoms with E-state index in [4.69, 9.17) is 10.5 Å². The zero-order valence-corrected chi connectivity index (χ0v) is 10.9. The maximum Gasteiger partial charge on any atom is 0.221 e. The number of nitrogens with zero attached hydrogens (tertiary/aromatic N) is 1. The van der Waals surface area contributed by atoms with Crippen molar-refractivity contribution in [1.29, 1.82) is 0 Å². The first kappa shape index (κ1) is 14.4. The summed E-state index contributed by atoms with van der Waals surface area (Å²) >= 11 is 0. The minimum Gasteiger partial charge on any atom is -0.379 e. The highest BCUT2D eigenvalue weighted by Crippen LogP contribution is 2.12. The van der Waals surface area contributed by atoms with Crippen LogP contribution in [0.25, 0.3) is 0 Å². The monoisotopic (exact) mass is 243 g/mol. The first-order chi connectivity index (χ1) is 8.19. The van der Waals surface area contributed by atoms with Crippen LogP contribution in [0.2, 0.25) is 0 Å². The van der Waals surface area contributed by atoms with Crippen molar-refractivity contribution in [3.05, 3.63) is 0 Å². The van der Waals surface area contributed by atoms with Gasteiger partial charge < -0.3 is 15.8 Å². The number of carbonyl (C=O) groups excluding carboxylic acids is 1. The Morgan fingerprint density at radius 3 is 3.00 bits per heavy atom. The molecule has 2 atom stereocenters. The second-order valence-corrected chi connectivity index (χ2v) is 4.61. The van der Waals surface area contributed by atoms with Gasteiger partial charge in [-0.2, -0.15) is 0 Å². The Morgan fingerprint density at radius 2 is 2.41 bits per heavy atom. The van der Waals surface area contributed by atoms with Gasteiger partial charge in [-0.1, -0.05) is 6.92 Å². The lowest BCUT2D eigenvalue weighted by molar-refractivity contribution is -0.123. The van der Waals surface area contributed by atoms with Gasteiger partial charge in [0, 0.05) is 38.1 Å². The van der Waals surface area contributed by atoms with E-state index < -0.39 is 0 Å². The minimum atomic E-state index is 0.0981. The summed E-state index contributed by atoms with van der Waals surface area (Å²) < 4.78 is 5.39. The summed E-state index contributed by atoms with van der Waals surface area (Å²) in [6.45, 7) is 7.75. The van der Waals surface area contributed by atoms with Gasteiger partial charge >= 0.3 is 0 Å². The van der Waals surface area contributed by atoms with Gasteiger partial charge in [0.15, 0.2) is 0 Å². The van der Waals surface area contributed by atoms with Crippen LogP contribution in [-0.4, -0.2) is 55.7 Å². The lowest BCUT2D eigenvalue weighted by Crippen LogP contribution is -2.53. The van der Waals surface area contributed by atoms with E-state index >= 15 is 0 Å². The zero-order chi connectivity index (χ0) is 12.7. The van der Waals surface area contributed by atoms with Gasteiger partial charge in [-0.3, -0.25) is 9.69 Å². The van der Waals surface area contributed by atoms with E-state index in [1.54, 1.807) is 0 Å². The highest BCUT2D eigenvalue weighted by Gasteiger charge is 2.27. The van der Waals surface area contributed by atoms with E-state index in [-0.39, 0.29) is 11.9 Å². The summed E-state index contributed by atoms with van der Waals surface area (Å²) in [6, 6.07) is 0.474. The van der Waals surface area contributed by atoms with Gasteiger partial charge in [0.25, 0.3) is 0 Å². The molecule has 1 rings (SSSR count). The third kappa shape index (κ3) is 4.61. The average molecular weight is 243 g/mol. The van der Waals surface area contributed by atoms with Crippen LogP contribution in [0.5, 0.6) is 0 Å². The van der Waals surface area contributed by atoms with Crippen LogP contribution < -0.4 is 11.1 Å². The summed E-state index contributed by atoms with van der Waals surface area (Å²) in [5.74, 6) is 0.0981. The molecule has 1 aliphatic rings. The number of carbonyl (C=O) groups is 1. The topological polar surface area (TPSA) is 67.6 Å². The molecule has 5 heteroatoms. The molecule has 1 saturated heterocycles. The van der Waals surface area contributed by atoms with Crippen molar-refractivity contribution in [3.63, 3.8) is 0 Å². The van der Waals surface area contributed by atoms with Crippen molar-refractivity contribution >= 4 is 5.91 Å². The maximum atomic E-state index is 11.7. The first-order valence-electron chi connectivity index (χ1n) is 6.49. The van der Waals surface area contributed by atoms with Gasteiger partial charge in [-0.25, -0.2) is 0 Å². The van der Waals surface area contributed by atoms with E-state index in [1.165, 1.54) is 0 Å². The number of nitrogens with two attached hydrogens (primary N) is 1. The Labute approximate surface area is 104 Å². The van der Waals surface area contributed by atoms with Gasteiger partial charge in [0.05, 0.1) is 13.2 Å². The highest BCUT2D eigenvalue weighted by atomic mass is 16.5. The SMILES string of the molecule is CCCNC(=O)CC(CN)N1CCOCC1C. The van der Waals surface area contributed by atoms with Crippen LogP contribution in [-0.2, 0) is 9.53 Å². The molecule has 0 aromatic heterocycles. The third-order valence-corrected chi connectivity index (χ3v) is 3.15. The highest BCUT2D eigenvalue weighted by molar-refractivity contribution is 5.76. The molecule has 0 spiro atoms. The van der Waals surface area contributed by atoms with E-state index in [0.717, 1.165) is 32.7 Å². The quantitative estimate of drug-likeness (QED) is 0.686. The number of rotatable bonds is 6. The van der Waals surface area contributed by atoms with Crippen LogP contribution in [0.15, 0.2) is 0 Å². The fourth-order valence-electron chi connectivity index (χ4n) is 2.17. The Morgan fingerprint density at radius 1 is 1.65 bits per heavy atom. The lowest BCUT2D eigenvalue weighted by Gasteiger charge is -2.38. The average Bonchev–Trinajstić information content (AvgIpc) is 2.34. The molecule has 0 radical (unpaired) electrons. The van der Waals surface area contributed by atoms with Crippen molar-refractivity contribution in [2.24, 2.45) is 5.73 Å². The van der Waals surface area contributed by atoms with Gasteiger partial charge in [-0.05, 0) is 13.3 Å². The number of morpholine rings is 1. The van der Waals surface area contributed by atoms with E-state index in [9.17, 15) is 4.79 Å². The second-order valence-electron chi connectivity index (χ2n) is 4.61. The van der Waals surface area contributed by atoms with Crippen LogP contribution in [0, 0.1) is 0 Å². The summed E-state index contributed by atoms with van der Waals surface area (Å²) in [7, 11) is 0. The van der Waals surface area contributed by atoms with Crippen molar-refractivity contribution in [3.8, 4) is 0 Å². The fraction of sp³-hybridized carbons (Fsp3) is 0.917. The first-order valence-corrected chi connectivity index (χ1v) is 6.49. The minimum absolute atomic E-state index is 0.0981. The van der Waals surface area contributed by atoms with E-state index in [2.05, 4.69) is 17.1 Å². The maximum absolute atomic E-state index is 11.7. The van der Waals surface area contributed by atoms with Crippen molar-refractivity contribution < 1.29 is 9.53 Å². The molecule has 0 aromatic carbocycles. The van der Waals surface area contributed by atoms with Crippen LogP contribution in [0.4, 0.5) is 0 Å². The van der Waals surface area contributed by atoms with Gasteiger partial charge in [0.1, 0.15) is 0 Å². The molecule has 0 aromatic rings. The molecule has 1 heterocycles. The standard InChI is InChI=1S/C12H25N3O2/c1-3-4-14-12(16)7-11(8-13)15-5-6-17-9-10(15)2/h10-11H,3-9,13H2,1-2H3,(H,14,16). The van der Waals surface area contributed by atoms with Crippen LogP contribution in [0.1, 0.15) is 26.7 Å². The molecule has 1 fully saturated rings. The second kappa shape index (κ2) is 7.63. The Kier molecular flexibility index (Phi) is 6.47. The molecule has 0 aliphatic carbocycles. The molecular formula is C12H25N3O2. The number of hydrogen-bond donors (Lipinski definition) is 2. The van der Waals surface area contributed by atoms with E-state index in [1.807, 2.05) is 6.92 Å². The number of ether oxygens (including phenoxy) is 1. The van der Waals surface area contributed by atoms with Crippen LogP contribution in [0.3, 0.4) is 0 Å². The molecule has 2 unspecified atom stereocenters. The molecule has 1 amide bonds. The largest absolute Gasteiger partial charge is 0.379 e. The lowest BCUT2D eigenvalue weighted by atomic mass is 10.1. The van der Waals surface area contributed by atoms with Crippen molar-refractivity contribution in [2.75, 3.05) is 32.8 Å². The Bertz CT molecular complexity index is 236.